The molecular weight excluding hydrogens is 148 g/mol. The van der Waals surface area contributed by atoms with Crippen LogP contribution in [-0.2, 0) is 0 Å². The molecule has 0 aromatic rings. The van der Waals surface area contributed by atoms with Crippen LogP contribution in [0.5, 0.6) is 0 Å². The normalized spacial score (nSPS) is 16.8. The minimum Gasteiger partial charge on any atom is -0.328 e. The van der Waals surface area contributed by atoms with Gasteiger partial charge >= 0.3 is 0 Å². The summed E-state index contributed by atoms with van der Waals surface area (Å²) in [6, 6.07) is 0.536. The Kier molecular flexibility index (Phi) is 16.3. The first kappa shape index (κ1) is 14.4. The Morgan fingerprint density at radius 1 is 1.00 bits per heavy atom. The van der Waals surface area contributed by atoms with Gasteiger partial charge in [-0.15, -0.1) is 0 Å². The van der Waals surface area contributed by atoms with Crippen molar-refractivity contribution in [3.05, 3.63) is 0 Å². The molecule has 1 fully saturated rings. The summed E-state index contributed by atoms with van der Waals surface area (Å²) in [5.74, 6) is 0. The Hall–Kier alpha value is -0.0800. The molecule has 0 heterocycles. The zero-order valence-corrected chi connectivity index (χ0v) is 9.19. The van der Waals surface area contributed by atoms with E-state index in [2.05, 4.69) is 5.32 Å². The summed E-state index contributed by atoms with van der Waals surface area (Å²) in [6.45, 7) is 4.00. The minimum absolute atomic E-state index is 0.536. The van der Waals surface area contributed by atoms with E-state index >= 15 is 0 Å². The largest absolute Gasteiger partial charge is 0.328 e. The lowest BCUT2D eigenvalue weighted by molar-refractivity contribution is 0.441. The Morgan fingerprint density at radius 3 is 1.50 bits per heavy atom. The van der Waals surface area contributed by atoms with E-state index in [1.54, 1.807) is 0 Å². The molecule has 12 heavy (non-hydrogen) atoms. The maximum atomic E-state index is 5.63. The second-order valence-corrected chi connectivity index (χ2v) is 2.90. The molecule has 0 aromatic carbocycles. The molecule has 0 unspecified atom stereocenters. The van der Waals surface area contributed by atoms with Crippen LogP contribution in [0.4, 0.5) is 0 Å². The summed E-state index contributed by atoms with van der Waals surface area (Å²) in [5, 5.41) is 2.75. The fourth-order valence-electron chi connectivity index (χ4n) is 1.13. The SMILES string of the molecule is CC.CNC.NC1CCCCC1. The molecule has 1 aliphatic carbocycles. The van der Waals surface area contributed by atoms with Gasteiger partial charge in [0.15, 0.2) is 0 Å². The third-order valence-electron chi connectivity index (χ3n) is 1.65. The van der Waals surface area contributed by atoms with E-state index in [0.717, 1.165) is 0 Å². The highest BCUT2D eigenvalue weighted by Gasteiger charge is 2.06. The van der Waals surface area contributed by atoms with E-state index in [-0.39, 0.29) is 0 Å². The van der Waals surface area contributed by atoms with E-state index in [9.17, 15) is 0 Å². The molecule has 0 aromatic heterocycles. The summed E-state index contributed by atoms with van der Waals surface area (Å²) in [5.41, 5.74) is 5.63. The van der Waals surface area contributed by atoms with Gasteiger partial charge in [0.25, 0.3) is 0 Å². The zero-order chi connectivity index (χ0) is 9.82. The first-order valence-corrected chi connectivity index (χ1v) is 5.15. The predicted molar refractivity (Wildman–Crippen MR) is 57.4 cm³/mol. The summed E-state index contributed by atoms with van der Waals surface area (Å²) >= 11 is 0. The van der Waals surface area contributed by atoms with E-state index in [4.69, 9.17) is 5.73 Å². The molecule has 0 saturated heterocycles. The van der Waals surface area contributed by atoms with Gasteiger partial charge in [0.1, 0.15) is 0 Å². The van der Waals surface area contributed by atoms with Crippen molar-refractivity contribution in [2.24, 2.45) is 5.73 Å². The number of rotatable bonds is 0. The highest BCUT2D eigenvalue weighted by Crippen LogP contribution is 2.14. The van der Waals surface area contributed by atoms with Gasteiger partial charge in [-0.25, -0.2) is 0 Å². The first-order valence-electron chi connectivity index (χ1n) is 5.15. The zero-order valence-electron chi connectivity index (χ0n) is 9.19. The number of hydrogen-bond acceptors (Lipinski definition) is 2. The molecule has 0 radical (unpaired) electrons. The van der Waals surface area contributed by atoms with Gasteiger partial charge in [-0.2, -0.15) is 0 Å². The molecule has 2 heteroatoms. The van der Waals surface area contributed by atoms with Gasteiger partial charge in [0.05, 0.1) is 0 Å². The quantitative estimate of drug-likeness (QED) is 0.590. The van der Waals surface area contributed by atoms with Gasteiger partial charge in [0.2, 0.25) is 0 Å². The third kappa shape index (κ3) is 12.6. The molecule has 76 valence electrons. The lowest BCUT2D eigenvalue weighted by Crippen LogP contribution is -2.22. The highest BCUT2D eigenvalue weighted by molar-refractivity contribution is 4.66. The smallest absolute Gasteiger partial charge is 0.00388 e. The molecule has 0 aliphatic heterocycles. The number of nitrogens with one attached hydrogen (secondary N) is 1. The third-order valence-corrected chi connectivity index (χ3v) is 1.65. The average Bonchev–Trinajstić information content (AvgIpc) is 2.11. The van der Waals surface area contributed by atoms with Crippen molar-refractivity contribution in [2.45, 2.75) is 52.0 Å². The van der Waals surface area contributed by atoms with Crippen LogP contribution in [0, 0.1) is 0 Å². The number of hydrogen-bond donors (Lipinski definition) is 2. The summed E-state index contributed by atoms with van der Waals surface area (Å²) in [4.78, 5) is 0. The minimum atomic E-state index is 0.536. The molecule has 1 rings (SSSR count). The second kappa shape index (κ2) is 13.5. The summed E-state index contributed by atoms with van der Waals surface area (Å²) in [6.07, 6.45) is 6.66. The standard InChI is InChI=1S/C6H13N.C2H7N.C2H6/c7-6-4-2-1-3-5-6;1-3-2;1-2/h6H,1-5,7H2;3H,1-2H3;1-2H3. The van der Waals surface area contributed by atoms with Crippen LogP contribution in [0.1, 0.15) is 46.0 Å². The van der Waals surface area contributed by atoms with Crippen molar-refractivity contribution < 1.29 is 0 Å². The molecular formula is C10H26N2. The van der Waals surface area contributed by atoms with E-state index in [1.165, 1.54) is 32.1 Å². The van der Waals surface area contributed by atoms with Gasteiger partial charge in [-0.05, 0) is 26.9 Å². The van der Waals surface area contributed by atoms with Crippen molar-refractivity contribution in [3.8, 4) is 0 Å². The summed E-state index contributed by atoms with van der Waals surface area (Å²) < 4.78 is 0. The molecule has 0 bridgehead atoms. The van der Waals surface area contributed by atoms with E-state index in [0.29, 0.717) is 6.04 Å². The monoisotopic (exact) mass is 174 g/mol. The Labute approximate surface area is 77.9 Å². The van der Waals surface area contributed by atoms with Crippen molar-refractivity contribution in [1.29, 1.82) is 0 Å². The van der Waals surface area contributed by atoms with Gasteiger partial charge in [-0.1, -0.05) is 33.1 Å². The van der Waals surface area contributed by atoms with Gasteiger partial charge in [0, 0.05) is 6.04 Å². The van der Waals surface area contributed by atoms with Gasteiger partial charge in [-0.3, -0.25) is 0 Å². The predicted octanol–water partition coefficient (Wildman–Crippen LogP) is 2.14. The van der Waals surface area contributed by atoms with Crippen LogP contribution in [-0.4, -0.2) is 20.1 Å². The van der Waals surface area contributed by atoms with Gasteiger partial charge < -0.3 is 11.1 Å². The van der Waals surface area contributed by atoms with Crippen LogP contribution in [0.2, 0.25) is 0 Å². The van der Waals surface area contributed by atoms with Crippen LogP contribution in [0.15, 0.2) is 0 Å². The Morgan fingerprint density at radius 2 is 1.33 bits per heavy atom. The summed E-state index contributed by atoms with van der Waals surface area (Å²) in [7, 11) is 3.75. The Bertz CT molecular complexity index is 58.9. The van der Waals surface area contributed by atoms with Crippen LogP contribution in [0.3, 0.4) is 0 Å². The maximum Gasteiger partial charge on any atom is 0.00388 e. The maximum absolute atomic E-state index is 5.63. The van der Waals surface area contributed by atoms with Crippen LogP contribution in [0.25, 0.3) is 0 Å². The van der Waals surface area contributed by atoms with Crippen LogP contribution < -0.4 is 11.1 Å². The molecule has 1 saturated carbocycles. The molecule has 0 amide bonds. The topological polar surface area (TPSA) is 38.0 Å². The lowest BCUT2D eigenvalue weighted by atomic mass is 9.97. The molecule has 3 N–H and O–H groups in total. The van der Waals surface area contributed by atoms with Crippen molar-refractivity contribution in [2.75, 3.05) is 14.1 Å². The van der Waals surface area contributed by atoms with Crippen molar-refractivity contribution >= 4 is 0 Å². The highest BCUT2D eigenvalue weighted by atomic mass is 14.7. The van der Waals surface area contributed by atoms with E-state index in [1.807, 2.05) is 27.9 Å². The number of nitrogens with two attached hydrogens (primary N) is 1. The second-order valence-electron chi connectivity index (χ2n) is 2.90. The lowest BCUT2D eigenvalue weighted by Gasteiger charge is -2.15. The van der Waals surface area contributed by atoms with Crippen LogP contribution >= 0.6 is 0 Å². The first-order chi connectivity index (χ1) is 5.81. The van der Waals surface area contributed by atoms with E-state index < -0.39 is 0 Å². The van der Waals surface area contributed by atoms with Crippen molar-refractivity contribution in [1.82, 2.24) is 5.32 Å². The molecule has 1 aliphatic rings. The fourth-order valence-corrected chi connectivity index (χ4v) is 1.13. The van der Waals surface area contributed by atoms with Crippen molar-refractivity contribution in [3.63, 3.8) is 0 Å². The average molecular weight is 174 g/mol. The Balaban J connectivity index is 0. The molecule has 0 spiro atoms. The molecule has 0 atom stereocenters. The fraction of sp³-hybridized carbons (Fsp3) is 1.00. The molecule has 2 nitrogen and oxygen atoms in total.